The van der Waals surface area contributed by atoms with E-state index in [0.29, 0.717) is 10.8 Å². The molecule has 4 rings (SSSR count). The van der Waals surface area contributed by atoms with E-state index in [-0.39, 0.29) is 22.1 Å². The molecular weight excluding hydrogens is 415 g/mol. The van der Waals surface area contributed by atoms with E-state index in [1.54, 1.807) is 42.5 Å². The molecule has 29 heavy (non-hydrogen) atoms. The number of benzene rings is 2. The van der Waals surface area contributed by atoms with Gasteiger partial charge in [0.05, 0.1) is 5.69 Å². The second kappa shape index (κ2) is 7.62. The Morgan fingerprint density at radius 1 is 1.03 bits per heavy atom. The lowest BCUT2D eigenvalue weighted by Crippen LogP contribution is -2.54. The van der Waals surface area contributed by atoms with Gasteiger partial charge in [-0.2, -0.15) is 0 Å². The predicted octanol–water partition coefficient (Wildman–Crippen LogP) is 4.57. The number of rotatable bonds is 3. The van der Waals surface area contributed by atoms with Gasteiger partial charge >= 0.3 is 0 Å². The summed E-state index contributed by atoms with van der Waals surface area (Å²) in [5, 5.41) is 2.81. The van der Waals surface area contributed by atoms with Crippen LogP contribution in [0.3, 0.4) is 0 Å². The predicted molar refractivity (Wildman–Crippen MR) is 112 cm³/mol. The van der Waals surface area contributed by atoms with Crippen molar-refractivity contribution < 1.29 is 18.4 Å². The van der Waals surface area contributed by atoms with E-state index in [1.165, 1.54) is 24.3 Å². The first-order valence-corrected chi connectivity index (χ1v) is 9.24. The number of para-hydroxylation sites is 1. The summed E-state index contributed by atoms with van der Waals surface area (Å²) < 4.78 is 19.9. The first-order valence-electron chi connectivity index (χ1n) is 8.46. The van der Waals surface area contributed by atoms with Crippen LogP contribution in [0, 0.1) is 5.82 Å². The Labute approximate surface area is 175 Å². The van der Waals surface area contributed by atoms with Gasteiger partial charge in [-0.15, -0.1) is 0 Å². The van der Waals surface area contributed by atoms with Gasteiger partial charge in [-0.1, -0.05) is 23.7 Å². The first-order chi connectivity index (χ1) is 13.9. The molecule has 0 bridgehead atoms. The third-order valence-corrected chi connectivity index (χ3v) is 4.77. The van der Waals surface area contributed by atoms with E-state index in [9.17, 15) is 14.0 Å². The number of nitrogens with one attached hydrogen (secondary N) is 1. The molecule has 0 atom stereocenters. The Morgan fingerprint density at radius 3 is 2.48 bits per heavy atom. The smallest absolute Gasteiger partial charge is 0.270 e. The molecular formula is C21H12ClFN2O3S. The van der Waals surface area contributed by atoms with Crippen molar-refractivity contribution in [2.75, 3.05) is 4.90 Å². The third kappa shape index (κ3) is 3.70. The van der Waals surface area contributed by atoms with E-state index < -0.39 is 17.6 Å². The summed E-state index contributed by atoms with van der Waals surface area (Å²) in [5.41, 5.74) is 0.515. The summed E-state index contributed by atoms with van der Waals surface area (Å²) in [5.74, 6) is -1.24. The molecule has 5 nitrogen and oxygen atoms in total. The maximum absolute atomic E-state index is 14.2. The highest BCUT2D eigenvalue weighted by molar-refractivity contribution is 7.80. The van der Waals surface area contributed by atoms with Gasteiger partial charge in [0.15, 0.2) is 5.11 Å². The van der Waals surface area contributed by atoms with Crippen LogP contribution in [0.15, 0.2) is 70.7 Å². The molecule has 2 heterocycles. The Hall–Kier alpha value is -3.29. The highest BCUT2D eigenvalue weighted by atomic mass is 35.5. The standard InChI is InChI=1S/C21H12ClFN2O3S/c22-13-7-5-12(6-8-13)18-10-9-14(28-18)11-15-19(26)24-21(29)25(20(15)27)17-4-2-1-3-16(17)23/h1-11H,(H,24,26,29)/b15-11+. The maximum atomic E-state index is 14.2. The van der Waals surface area contributed by atoms with Gasteiger partial charge in [-0.05, 0) is 66.8 Å². The molecule has 3 aromatic rings. The Morgan fingerprint density at radius 2 is 1.76 bits per heavy atom. The second-order valence-corrected chi connectivity index (χ2v) is 6.94. The van der Waals surface area contributed by atoms with Crippen LogP contribution >= 0.6 is 23.8 Å². The van der Waals surface area contributed by atoms with Crippen molar-refractivity contribution in [3.8, 4) is 11.3 Å². The molecule has 1 fully saturated rings. The monoisotopic (exact) mass is 426 g/mol. The lowest BCUT2D eigenvalue weighted by Gasteiger charge is -2.28. The number of hydrogen-bond acceptors (Lipinski definition) is 4. The minimum Gasteiger partial charge on any atom is -0.457 e. The van der Waals surface area contributed by atoms with Crippen LogP contribution in [-0.2, 0) is 9.59 Å². The van der Waals surface area contributed by atoms with Gasteiger partial charge in [0.25, 0.3) is 11.8 Å². The number of thiocarbonyl (C=S) groups is 1. The Kier molecular flexibility index (Phi) is 5.00. The molecule has 1 saturated heterocycles. The van der Waals surface area contributed by atoms with Crippen LogP contribution in [0.4, 0.5) is 10.1 Å². The molecule has 8 heteroatoms. The number of halogens is 2. The number of amides is 2. The number of carbonyl (C=O) groups is 2. The average Bonchev–Trinajstić information content (AvgIpc) is 3.16. The van der Waals surface area contributed by atoms with Crippen molar-refractivity contribution in [1.82, 2.24) is 5.32 Å². The molecule has 0 radical (unpaired) electrons. The van der Waals surface area contributed by atoms with Crippen molar-refractivity contribution in [2.24, 2.45) is 0 Å². The highest BCUT2D eigenvalue weighted by Gasteiger charge is 2.35. The van der Waals surface area contributed by atoms with Gasteiger partial charge in [-0.3, -0.25) is 14.9 Å². The van der Waals surface area contributed by atoms with Gasteiger partial charge in [0, 0.05) is 10.6 Å². The van der Waals surface area contributed by atoms with Crippen molar-refractivity contribution in [3.05, 3.63) is 82.8 Å². The molecule has 1 aromatic heterocycles. The van der Waals surface area contributed by atoms with E-state index in [0.717, 1.165) is 10.5 Å². The van der Waals surface area contributed by atoms with E-state index in [2.05, 4.69) is 5.32 Å². The summed E-state index contributed by atoms with van der Waals surface area (Å²) in [4.78, 5) is 26.2. The highest BCUT2D eigenvalue weighted by Crippen LogP contribution is 2.27. The van der Waals surface area contributed by atoms with Crippen LogP contribution in [0.2, 0.25) is 5.02 Å². The fourth-order valence-corrected chi connectivity index (χ4v) is 3.25. The van der Waals surface area contributed by atoms with Crippen molar-refractivity contribution >= 4 is 52.5 Å². The number of anilines is 1. The molecule has 0 spiro atoms. The number of hydrogen-bond donors (Lipinski definition) is 1. The molecule has 2 amide bonds. The van der Waals surface area contributed by atoms with Crippen LogP contribution in [0.5, 0.6) is 0 Å². The molecule has 0 saturated carbocycles. The number of furan rings is 1. The van der Waals surface area contributed by atoms with Crippen LogP contribution < -0.4 is 10.2 Å². The zero-order valence-electron chi connectivity index (χ0n) is 14.7. The third-order valence-electron chi connectivity index (χ3n) is 4.24. The molecule has 1 aliphatic heterocycles. The Bertz CT molecular complexity index is 1170. The molecule has 1 aliphatic rings. The molecule has 1 N–H and O–H groups in total. The SMILES string of the molecule is O=C1NC(=S)N(c2ccccc2F)C(=O)/C1=C/c1ccc(-c2ccc(Cl)cc2)o1. The summed E-state index contributed by atoms with van der Waals surface area (Å²) in [6, 6.07) is 16.0. The molecule has 144 valence electrons. The zero-order chi connectivity index (χ0) is 20.5. The molecule has 0 unspecified atom stereocenters. The topological polar surface area (TPSA) is 62.6 Å². The van der Waals surface area contributed by atoms with Crippen LogP contribution in [0.25, 0.3) is 17.4 Å². The quantitative estimate of drug-likeness (QED) is 0.378. The lowest BCUT2D eigenvalue weighted by molar-refractivity contribution is -0.122. The number of carbonyl (C=O) groups excluding carboxylic acids is 2. The molecule has 0 aliphatic carbocycles. The van der Waals surface area contributed by atoms with Crippen LogP contribution in [0.1, 0.15) is 5.76 Å². The van der Waals surface area contributed by atoms with Crippen molar-refractivity contribution in [3.63, 3.8) is 0 Å². The summed E-state index contributed by atoms with van der Waals surface area (Å²) in [7, 11) is 0. The summed E-state index contributed by atoms with van der Waals surface area (Å²) in [6.45, 7) is 0. The largest absolute Gasteiger partial charge is 0.457 e. The van der Waals surface area contributed by atoms with E-state index >= 15 is 0 Å². The van der Waals surface area contributed by atoms with Gasteiger partial charge in [0.2, 0.25) is 0 Å². The first kappa shape index (κ1) is 19.0. The fourth-order valence-electron chi connectivity index (χ4n) is 2.85. The van der Waals surface area contributed by atoms with Crippen molar-refractivity contribution in [1.29, 1.82) is 0 Å². The van der Waals surface area contributed by atoms with E-state index in [1.807, 2.05) is 0 Å². The summed E-state index contributed by atoms with van der Waals surface area (Å²) in [6.07, 6.45) is 1.30. The van der Waals surface area contributed by atoms with Gasteiger partial charge in [0.1, 0.15) is 22.9 Å². The van der Waals surface area contributed by atoms with E-state index in [4.69, 9.17) is 28.2 Å². The minimum atomic E-state index is -0.742. The normalized spacial score (nSPS) is 15.7. The lowest BCUT2D eigenvalue weighted by atomic mass is 10.1. The summed E-state index contributed by atoms with van der Waals surface area (Å²) >= 11 is 11.0. The fraction of sp³-hybridized carbons (Fsp3) is 0. The van der Waals surface area contributed by atoms with Gasteiger partial charge < -0.3 is 4.42 Å². The number of nitrogens with zero attached hydrogens (tertiary/aromatic N) is 1. The molecule has 2 aromatic carbocycles. The van der Waals surface area contributed by atoms with Gasteiger partial charge in [-0.25, -0.2) is 9.29 Å². The Balaban J connectivity index is 1.68. The second-order valence-electron chi connectivity index (χ2n) is 6.12. The maximum Gasteiger partial charge on any atom is 0.270 e. The van der Waals surface area contributed by atoms with Crippen LogP contribution in [-0.4, -0.2) is 16.9 Å². The average molecular weight is 427 g/mol. The zero-order valence-corrected chi connectivity index (χ0v) is 16.3. The minimum absolute atomic E-state index is 0.0466. The van der Waals surface area contributed by atoms with Crippen molar-refractivity contribution in [2.45, 2.75) is 0 Å².